The van der Waals surface area contributed by atoms with Gasteiger partial charge < -0.3 is 10.6 Å². The summed E-state index contributed by atoms with van der Waals surface area (Å²) in [5.41, 5.74) is 1.41. The summed E-state index contributed by atoms with van der Waals surface area (Å²) in [7, 11) is 0. The number of imidazole rings is 1. The van der Waals surface area contributed by atoms with E-state index in [2.05, 4.69) is 10.3 Å². The molecule has 4 aliphatic rings. The minimum absolute atomic E-state index is 0.197. The highest BCUT2D eigenvalue weighted by molar-refractivity contribution is 5.93. The summed E-state index contributed by atoms with van der Waals surface area (Å²) in [5, 5.41) is 4.99. The zero-order valence-electron chi connectivity index (χ0n) is 17.8. The van der Waals surface area contributed by atoms with Gasteiger partial charge in [0.2, 0.25) is 5.91 Å². The third-order valence-corrected chi connectivity index (χ3v) is 7.39. The molecular formula is C23H27F3N4O2. The Morgan fingerprint density at radius 2 is 1.72 bits per heavy atom. The molecule has 0 saturated heterocycles. The van der Waals surface area contributed by atoms with E-state index < -0.39 is 18.6 Å². The summed E-state index contributed by atoms with van der Waals surface area (Å²) >= 11 is 0. The van der Waals surface area contributed by atoms with E-state index in [1.54, 1.807) is 28.8 Å². The van der Waals surface area contributed by atoms with Crippen molar-refractivity contribution in [1.82, 2.24) is 20.0 Å². The largest absolute Gasteiger partial charge is 0.405 e. The van der Waals surface area contributed by atoms with E-state index in [4.69, 9.17) is 0 Å². The lowest BCUT2D eigenvalue weighted by atomic mass is 9.49. The highest BCUT2D eigenvalue weighted by atomic mass is 19.4. The Labute approximate surface area is 184 Å². The van der Waals surface area contributed by atoms with Crippen molar-refractivity contribution < 1.29 is 22.8 Å². The van der Waals surface area contributed by atoms with E-state index in [1.807, 2.05) is 5.32 Å². The molecule has 6 rings (SSSR count). The smallest absolute Gasteiger partial charge is 0.350 e. The van der Waals surface area contributed by atoms with Gasteiger partial charge in [-0.05, 0) is 73.8 Å². The van der Waals surface area contributed by atoms with Gasteiger partial charge in [-0.2, -0.15) is 13.2 Å². The predicted molar refractivity (Wildman–Crippen MR) is 111 cm³/mol. The zero-order chi connectivity index (χ0) is 22.5. The van der Waals surface area contributed by atoms with Crippen LogP contribution in [0.1, 0.15) is 54.7 Å². The summed E-state index contributed by atoms with van der Waals surface area (Å²) in [4.78, 5) is 29.2. The number of nitrogens with zero attached hydrogens (tertiary/aromatic N) is 2. The van der Waals surface area contributed by atoms with Crippen LogP contribution in [0.2, 0.25) is 0 Å². The number of amides is 2. The second-order valence-electron chi connectivity index (χ2n) is 10.0. The van der Waals surface area contributed by atoms with Gasteiger partial charge >= 0.3 is 6.18 Å². The van der Waals surface area contributed by atoms with Gasteiger partial charge in [0.25, 0.3) is 5.91 Å². The van der Waals surface area contributed by atoms with Crippen LogP contribution in [0.25, 0.3) is 5.65 Å². The molecule has 2 heterocycles. The van der Waals surface area contributed by atoms with Crippen molar-refractivity contribution in [1.29, 1.82) is 0 Å². The Balaban J connectivity index is 1.26. The van der Waals surface area contributed by atoms with Gasteiger partial charge in [-0.1, -0.05) is 6.07 Å². The number of hydrogen-bond acceptors (Lipinski definition) is 3. The number of alkyl halides is 3. The third-order valence-electron chi connectivity index (χ3n) is 7.39. The molecule has 9 heteroatoms. The van der Waals surface area contributed by atoms with Gasteiger partial charge in [0.05, 0.1) is 12.1 Å². The van der Waals surface area contributed by atoms with E-state index in [0.29, 0.717) is 23.6 Å². The van der Waals surface area contributed by atoms with Crippen LogP contribution >= 0.6 is 0 Å². The third kappa shape index (κ3) is 4.34. The van der Waals surface area contributed by atoms with E-state index in [-0.39, 0.29) is 17.7 Å². The van der Waals surface area contributed by atoms with Gasteiger partial charge in [-0.15, -0.1) is 0 Å². The fraction of sp³-hybridized carbons (Fsp3) is 0.609. The molecule has 2 N–H and O–H groups in total. The quantitative estimate of drug-likeness (QED) is 0.710. The van der Waals surface area contributed by atoms with E-state index >= 15 is 0 Å². The molecule has 4 bridgehead atoms. The molecule has 6 nitrogen and oxygen atoms in total. The van der Waals surface area contributed by atoms with E-state index in [0.717, 1.165) is 17.8 Å². The van der Waals surface area contributed by atoms with Crippen LogP contribution in [-0.2, 0) is 11.2 Å². The Morgan fingerprint density at radius 3 is 2.34 bits per heavy atom. The van der Waals surface area contributed by atoms with Crippen LogP contribution < -0.4 is 10.6 Å². The van der Waals surface area contributed by atoms with Crippen molar-refractivity contribution in [2.75, 3.05) is 13.1 Å². The van der Waals surface area contributed by atoms with Gasteiger partial charge in [0, 0.05) is 12.7 Å². The van der Waals surface area contributed by atoms with Crippen molar-refractivity contribution >= 4 is 17.5 Å². The number of rotatable bonds is 6. The van der Waals surface area contributed by atoms with E-state index in [1.165, 1.54) is 38.5 Å². The Bertz CT molecular complexity index is 1010. The molecule has 0 radical (unpaired) electrons. The number of fused-ring (bicyclic) bond motifs is 1. The van der Waals surface area contributed by atoms with Crippen LogP contribution in [0.3, 0.4) is 0 Å². The van der Waals surface area contributed by atoms with Gasteiger partial charge in [-0.25, -0.2) is 4.98 Å². The molecule has 4 aliphatic carbocycles. The fourth-order valence-electron chi connectivity index (χ4n) is 6.62. The molecule has 2 amide bonds. The SMILES string of the molecule is O=C(Cc1cn2c(C(=O)NCC34CC5CC(CC(C5)C3)C4)cccc2n1)NCC(F)(F)F. The maximum Gasteiger partial charge on any atom is 0.405 e. The molecule has 4 saturated carbocycles. The first-order valence-electron chi connectivity index (χ1n) is 11.3. The number of nitrogens with one attached hydrogen (secondary N) is 2. The van der Waals surface area contributed by atoms with Crippen molar-refractivity contribution in [3.8, 4) is 0 Å². The van der Waals surface area contributed by atoms with Crippen LogP contribution in [0.15, 0.2) is 24.4 Å². The van der Waals surface area contributed by atoms with Gasteiger partial charge in [0.1, 0.15) is 17.9 Å². The molecule has 0 atom stereocenters. The molecule has 0 unspecified atom stereocenters. The summed E-state index contributed by atoms with van der Waals surface area (Å²) in [5.74, 6) is 1.46. The number of aromatic nitrogens is 2. The lowest BCUT2D eigenvalue weighted by Crippen LogP contribution is -2.51. The lowest BCUT2D eigenvalue weighted by Gasteiger charge is -2.56. The normalized spacial score (nSPS) is 28.8. The minimum Gasteiger partial charge on any atom is -0.350 e. The first kappa shape index (κ1) is 21.3. The van der Waals surface area contributed by atoms with Crippen molar-refractivity contribution in [2.24, 2.45) is 23.2 Å². The van der Waals surface area contributed by atoms with Gasteiger partial charge in [0.15, 0.2) is 0 Å². The highest BCUT2D eigenvalue weighted by Gasteiger charge is 2.50. The lowest BCUT2D eigenvalue weighted by molar-refractivity contribution is -0.138. The van der Waals surface area contributed by atoms with Crippen LogP contribution in [-0.4, -0.2) is 40.5 Å². The molecule has 2 aromatic rings. The van der Waals surface area contributed by atoms with Crippen LogP contribution in [0.5, 0.6) is 0 Å². The molecule has 4 fully saturated rings. The summed E-state index contributed by atoms with van der Waals surface area (Å²) < 4.78 is 38.5. The average molecular weight is 448 g/mol. The number of carbonyl (C=O) groups excluding carboxylic acids is 2. The molecule has 32 heavy (non-hydrogen) atoms. The predicted octanol–water partition coefficient (Wildman–Crippen LogP) is 3.50. The minimum atomic E-state index is -4.46. The Kier molecular flexibility index (Phi) is 5.17. The van der Waals surface area contributed by atoms with Crippen LogP contribution in [0, 0.1) is 23.2 Å². The van der Waals surface area contributed by atoms with Crippen LogP contribution in [0.4, 0.5) is 13.2 Å². The topological polar surface area (TPSA) is 75.5 Å². The molecular weight excluding hydrogens is 421 g/mol. The standard InChI is InChI=1S/C23H27F3N4O2/c24-23(25,26)13-27-20(31)7-17-11-30-18(2-1-3-19(30)29-17)21(32)28-12-22-8-14-4-15(9-22)6-16(5-14)10-22/h1-3,11,14-16H,4-10,12-13H2,(H,27,31)(H,28,32). The second-order valence-corrected chi connectivity index (χ2v) is 10.0. The second kappa shape index (κ2) is 7.78. The highest BCUT2D eigenvalue weighted by Crippen LogP contribution is 2.59. The van der Waals surface area contributed by atoms with Gasteiger partial charge in [-0.3, -0.25) is 14.0 Å². The first-order chi connectivity index (χ1) is 15.2. The Hall–Kier alpha value is -2.58. The number of carbonyl (C=O) groups is 2. The molecule has 0 aliphatic heterocycles. The molecule has 0 aromatic carbocycles. The zero-order valence-corrected chi connectivity index (χ0v) is 17.8. The number of hydrogen-bond donors (Lipinski definition) is 2. The molecule has 172 valence electrons. The van der Waals surface area contributed by atoms with Crippen molar-refractivity contribution in [3.63, 3.8) is 0 Å². The maximum absolute atomic E-state index is 13.0. The van der Waals surface area contributed by atoms with Crippen molar-refractivity contribution in [3.05, 3.63) is 35.8 Å². The molecule has 2 aromatic heterocycles. The fourth-order valence-corrected chi connectivity index (χ4v) is 6.62. The average Bonchev–Trinajstić information content (AvgIpc) is 3.11. The summed E-state index contributed by atoms with van der Waals surface area (Å²) in [6.07, 6.45) is 4.44. The molecule has 0 spiro atoms. The maximum atomic E-state index is 13.0. The first-order valence-corrected chi connectivity index (χ1v) is 11.3. The van der Waals surface area contributed by atoms with Crippen molar-refractivity contribution in [2.45, 2.75) is 51.1 Å². The summed E-state index contributed by atoms with van der Waals surface area (Å²) in [6.45, 7) is -0.704. The number of halogens is 3. The number of pyridine rings is 1. The summed E-state index contributed by atoms with van der Waals surface area (Å²) in [6, 6.07) is 5.11. The Morgan fingerprint density at radius 1 is 1.06 bits per heavy atom. The van der Waals surface area contributed by atoms with E-state index in [9.17, 15) is 22.8 Å². The monoisotopic (exact) mass is 448 g/mol.